The number of anilines is 1. The summed E-state index contributed by atoms with van der Waals surface area (Å²) < 4.78 is 14.5. The molecule has 22 heavy (non-hydrogen) atoms. The summed E-state index contributed by atoms with van der Waals surface area (Å²) in [5.74, 6) is -0.535. The number of aryl methyl sites for hydroxylation is 1. The Hall–Kier alpha value is -3.03. The third kappa shape index (κ3) is 3.75. The Kier molecular flexibility index (Phi) is 4.62. The van der Waals surface area contributed by atoms with Gasteiger partial charge >= 0.3 is 5.97 Å². The molecule has 0 unspecified atom stereocenters. The van der Waals surface area contributed by atoms with Crippen molar-refractivity contribution in [2.75, 3.05) is 19.0 Å². The minimum absolute atomic E-state index is 0.0640. The molecule has 0 bridgehead atoms. The van der Waals surface area contributed by atoms with Crippen molar-refractivity contribution in [2.24, 2.45) is 0 Å². The van der Waals surface area contributed by atoms with Crippen LogP contribution in [-0.2, 0) is 9.53 Å². The van der Waals surface area contributed by atoms with Gasteiger partial charge in [-0.25, -0.2) is 4.79 Å². The van der Waals surface area contributed by atoms with Crippen LogP contribution in [0, 0.1) is 6.92 Å². The number of benzene rings is 1. The molecule has 0 saturated heterocycles. The molecule has 0 aliphatic heterocycles. The zero-order chi connectivity index (χ0) is 16.1. The molecule has 2 N–H and O–H groups in total. The number of phenols is 1. The van der Waals surface area contributed by atoms with E-state index < -0.39 is 18.5 Å². The van der Waals surface area contributed by atoms with Gasteiger partial charge in [-0.15, -0.1) is 0 Å². The molecule has 1 aromatic heterocycles. The van der Waals surface area contributed by atoms with Crippen molar-refractivity contribution in [1.29, 1.82) is 0 Å². The van der Waals surface area contributed by atoms with E-state index in [1.807, 2.05) is 0 Å². The summed E-state index contributed by atoms with van der Waals surface area (Å²) in [5.41, 5.74) is -0.0640. The number of hydrogen-bond donors (Lipinski definition) is 2. The van der Waals surface area contributed by atoms with Crippen molar-refractivity contribution in [3.63, 3.8) is 0 Å². The number of hydrogen-bond acceptors (Lipinski definition) is 7. The van der Waals surface area contributed by atoms with E-state index in [4.69, 9.17) is 14.0 Å². The van der Waals surface area contributed by atoms with Gasteiger partial charge < -0.3 is 24.4 Å². The predicted molar refractivity (Wildman–Crippen MR) is 74.8 cm³/mol. The van der Waals surface area contributed by atoms with Crippen LogP contribution < -0.4 is 10.1 Å². The number of aromatic hydroxyl groups is 1. The van der Waals surface area contributed by atoms with E-state index in [2.05, 4.69) is 10.5 Å². The Morgan fingerprint density at radius 3 is 2.73 bits per heavy atom. The number of rotatable bonds is 5. The summed E-state index contributed by atoms with van der Waals surface area (Å²) in [6, 6.07) is 5.63. The summed E-state index contributed by atoms with van der Waals surface area (Å²) in [5, 5.41) is 15.7. The number of ether oxygens (including phenoxy) is 2. The number of nitrogens with zero attached hydrogens (tertiary/aromatic N) is 1. The first-order chi connectivity index (χ1) is 10.5. The lowest BCUT2D eigenvalue weighted by Gasteiger charge is -2.07. The minimum Gasteiger partial charge on any atom is -0.507 e. The molecule has 2 rings (SSSR count). The van der Waals surface area contributed by atoms with Crippen LogP contribution in [0.15, 0.2) is 28.8 Å². The average molecular weight is 306 g/mol. The van der Waals surface area contributed by atoms with E-state index in [-0.39, 0.29) is 17.1 Å². The molecule has 0 fully saturated rings. The molecule has 0 aliphatic carbocycles. The molecule has 2 aromatic rings. The van der Waals surface area contributed by atoms with E-state index in [1.54, 1.807) is 6.92 Å². The first-order valence-corrected chi connectivity index (χ1v) is 6.27. The molecule has 1 aromatic carbocycles. The second kappa shape index (κ2) is 6.61. The first-order valence-electron chi connectivity index (χ1n) is 6.27. The van der Waals surface area contributed by atoms with Crippen molar-refractivity contribution < 1.29 is 28.7 Å². The van der Waals surface area contributed by atoms with Gasteiger partial charge in [0.2, 0.25) is 0 Å². The summed E-state index contributed by atoms with van der Waals surface area (Å²) in [7, 11) is 1.43. The maximum absolute atomic E-state index is 11.8. The molecule has 0 spiro atoms. The normalized spacial score (nSPS) is 10.1. The fourth-order valence-electron chi connectivity index (χ4n) is 1.62. The monoisotopic (exact) mass is 306 g/mol. The van der Waals surface area contributed by atoms with Gasteiger partial charge in [0, 0.05) is 12.1 Å². The van der Waals surface area contributed by atoms with Gasteiger partial charge in [0.1, 0.15) is 22.8 Å². The lowest BCUT2D eigenvalue weighted by molar-refractivity contribution is -0.119. The highest BCUT2D eigenvalue weighted by molar-refractivity contribution is 5.96. The van der Waals surface area contributed by atoms with E-state index in [1.165, 1.54) is 31.4 Å². The summed E-state index contributed by atoms with van der Waals surface area (Å²) in [6.07, 6.45) is 0. The molecular weight excluding hydrogens is 292 g/mol. The van der Waals surface area contributed by atoms with Gasteiger partial charge in [0.15, 0.2) is 12.4 Å². The number of nitrogens with one attached hydrogen (secondary N) is 1. The van der Waals surface area contributed by atoms with Crippen molar-refractivity contribution in [3.8, 4) is 11.5 Å². The molecule has 1 amide bonds. The quantitative estimate of drug-likeness (QED) is 0.805. The molecule has 8 nitrogen and oxygen atoms in total. The van der Waals surface area contributed by atoms with Crippen LogP contribution >= 0.6 is 0 Å². The number of carbonyl (C=O) groups is 2. The van der Waals surface area contributed by atoms with E-state index in [9.17, 15) is 14.7 Å². The van der Waals surface area contributed by atoms with Gasteiger partial charge in [0.25, 0.3) is 5.91 Å². The van der Waals surface area contributed by atoms with Gasteiger partial charge in [-0.3, -0.25) is 4.79 Å². The molecule has 0 radical (unpaired) electrons. The molecule has 116 valence electrons. The molecule has 0 aliphatic rings. The first kappa shape index (κ1) is 15.4. The minimum atomic E-state index is -0.827. The van der Waals surface area contributed by atoms with Gasteiger partial charge in [-0.05, 0) is 19.1 Å². The van der Waals surface area contributed by atoms with Crippen LogP contribution in [0.25, 0.3) is 0 Å². The van der Waals surface area contributed by atoms with Gasteiger partial charge in [-0.1, -0.05) is 5.16 Å². The second-order valence-electron chi connectivity index (χ2n) is 4.33. The van der Waals surface area contributed by atoms with Crippen molar-refractivity contribution >= 4 is 17.7 Å². The predicted octanol–water partition coefficient (Wildman–Crippen LogP) is 1.49. The topological polar surface area (TPSA) is 111 Å². The van der Waals surface area contributed by atoms with Crippen LogP contribution in [0.3, 0.4) is 0 Å². The lowest BCUT2D eigenvalue weighted by Crippen LogP contribution is -2.21. The number of esters is 1. The Morgan fingerprint density at radius 2 is 2.14 bits per heavy atom. The Labute approximate surface area is 125 Å². The van der Waals surface area contributed by atoms with E-state index in [0.29, 0.717) is 11.5 Å². The SMILES string of the molecule is COc1ccc(C(=O)OCC(=O)Nc2cc(C)on2)c(O)c1. The Balaban J connectivity index is 1.91. The van der Waals surface area contributed by atoms with Crippen LogP contribution in [0.1, 0.15) is 16.1 Å². The van der Waals surface area contributed by atoms with E-state index >= 15 is 0 Å². The van der Waals surface area contributed by atoms with Crippen molar-refractivity contribution in [2.45, 2.75) is 6.92 Å². The third-order valence-electron chi connectivity index (χ3n) is 2.65. The highest BCUT2D eigenvalue weighted by atomic mass is 16.5. The largest absolute Gasteiger partial charge is 0.507 e. The molecule has 0 atom stereocenters. The van der Waals surface area contributed by atoms with Crippen LogP contribution in [0.4, 0.5) is 5.82 Å². The molecule has 8 heteroatoms. The molecule has 0 saturated carbocycles. The number of aromatic nitrogens is 1. The zero-order valence-electron chi connectivity index (χ0n) is 12.0. The maximum Gasteiger partial charge on any atom is 0.342 e. The smallest absolute Gasteiger partial charge is 0.342 e. The lowest BCUT2D eigenvalue weighted by atomic mass is 10.2. The summed E-state index contributed by atoms with van der Waals surface area (Å²) in [6.45, 7) is 1.16. The maximum atomic E-state index is 11.8. The summed E-state index contributed by atoms with van der Waals surface area (Å²) >= 11 is 0. The van der Waals surface area contributed by atoms with Gasteiger partial charge in [0.05, 0.1) is 7.11 Å². The van der Waals surface area contributed by atoms with Crippen LogP contribution in [0.5, 0.6) is 11.5 Å². The Morgan fingerprint density at radius 1 is 1.36 bits per heavy atom. The fourth-order valence-corrected chi connectivity index (χ4v) is 1.62. The Bertz CT molecular complexity index is 694. The van der Waals surface area contributed by atoms with Crippen molar-refractivity contribution in [3.05, 3.63) is 35.6 Å². The van der Waals surface area contributed by atoms with E-state index in [0.717, 1.165) is 0 Å². The zero-order valence-corrected chi connectivity index (χ0v) is 12.0. The molecule has 1 heterocycles. The number of phenolic OH excluding ortho intramolecular Hbond substituents is 1. The van der Waals surface area contributed by atoms with Gasteiger partial charge in [-0.2, -0.15) is 0 Å². The summed E-state index contributed by atoms with van der Waals surface area (Å²) in [4.78, 5) is 23.4. The van der Waals surface area contributed by atoms with Crippen LogP contribution in [-0.4, -0.2) is 35.9 Å². The number of methoxy groups -OCH3 is 1. The number of carbonyl (C=O) groups excluding carboxylic acids is 2. The van der Waals surface area contributed by atoms with Crippen molar-refractivity contribution in [1.82, 2.24) is 5.16 Å². The number of amides is 1. The molecular formula is C14H14N2O6. The fraction of sp³-hybridized carbons (Fsp3) is 0.214. The highest BCUT2D eigenvalue weighted by Crippen LogP contribution is 2.23. The second-order valence-corrected chi connectivity index (χ2v) is 4.33. The van der Waals surface area contributed by atoms with Crippen LogP contribution in [0.2, 0.25) is 0 Å². The highest BCUT2D eigenvalue weighted by Gasteiger charge is 2.15. The average Bonchev–Trinajstić information content (AvgIpc) is 2.89. The standard InChI is InChI=1S/C14H14N2O6/c1-8-5-12(16-22-8)15-13(18)7-21-14(19)10-4-3-9(20-2)6-11(10)17/h3-6,17H,7H2,1-2H3,(H,15,16,18). The third-order valence-corrected chi connectivity index (χ3v) is 2.65.